The molecule has 0 amide bonds. The summed E-state index contributed by atoms with van der Waals surface area (Å²) in [6.45, 7) is 7.48. The molecule has 2 atom stereocenters. The molecule has 26 heavy (non-hydrogen) atoms. The fraction of sp³-hybridized carbons (Fsp3) is 0.364. The molecule has 0 radical (unpaired) electrons. The van der Waals surface area contributed by atoms with Crippen LogP contribution in [0.3, 0.4) is 0 Å². The maximum absolute atomic E-state index is 10.2. The van der Waals surface area contributed by atoms with Gasteiger partial charge < -0.3 is 14.3 Å². The molecule has 0 aliphatic carbocycles. The third-order valence-corrected chi connectivity index (χ3v) is 9.80. The summed E-state index contributed by atoms with van der Waals surface area (Å²) in [6, 6.07) is 21.1. The number of aliphatic hydroxyl groups is 1. The van der Waals surface area contributed by atoms with Gasteiger partial charge >= 0.3 is 0 Å². The lowest BCUT2D eigenvalue weighted by Gasteiger charge is -2.35. The summed E-state index contributed by atoms with van der Waals surface area (Å²) in [7, 11) is -2.39. The molecule has 4 heteroatoms. The van der Waals surface area contributed by atoms with Crippen LogP contribution in [0, 0.1) is 0 Å². The molecule has 3 nitrogen and oxygen atoms in total. The molecule has 138 valence electrons. The van der Waals surface area contributed by atoms with Gasteiger partial charge in [0.15, 0.2) is 0 Å². The van der Waals surface area contributed by atoms with Gasteiger partial charge in [-0.05, 0) is 22.8 Å². The number of epoxide rings is 1. The molecule has 1 fully saturated rings. The maximum atomic E-state index is 10.2. The second-order valence-corrected chi connectivity index (χ2v) is 11.5. The van der Waals surface area contributed by atoms with E-state index in [0.717, 1.165) is 0 Å². The zero-order chi connectivity index (χ0) is 18.6. The van der Waals surface area contributed by atoms with Crippen LogP contribution in [-0.2, 0) is 9.16 Å². The topological polar surface area (TPSA) is 42.0 Å². The largest absolute Gasteiger partial charge is 0.404 e. The van der Waals surface area contributed by atoms with E-state index >= 15 is 0 Å². The molecule has 1 aliphatic heterocycles. The quantitative estimate of drug-likeness (QED) is 0.443. The van der Waals surface area contributed by atoms with Gasteiger partial charge in [-0.15, -0.1) is 0 Å². The molecule has 0 spiro atoms. The van der Waals surface area contributed by atoms with Crippen LogP contribution < -0.4 is 10.4 Å². The summed E-state index contributed by atoms with van der Waals surface area (Å²) < 4.78 is 11.9. The van der Waals surface area contributed by atoms with Gasteiger partial charge in [-0.3, -0.25) is 0 Å². The Balaban J connectivity index is 1.87. The van der Waals surface area contributed by atoms with Crippen LogP contribution >= 0.6 is 0 Å². The molecule has 0 bridgehead atoms. The van der Waals surface area contributed by atoms with Crippen LogP contribution in [0.4, 0.5) is 0 Å². The Labute approximate surface area is 157 Å². The van der Waals surface area contributed by atoms with E-state index in [-0.39, 0.29) is 0 Å². The van der Waals surface area contributed by atoms with E-state index in [9.17, 15) is 5.11 Å². The van der Waals surface area contributed by atoms with Gasteiger partial charge in [0.2, 0.25) is 0 Å². The molecular formula is C22H28O3Si. The predicted octanol–water partition coefficient (Wildman–Crippen LogP) is 2.88. The fourth-order valence-electron chi connectivity index (χ4n) is 3.39. The third-order valence-electron chi connectivity index (χ3n) is 5.17. The summed E-state index contributed by atoms with van der Waals surface area (Å²) in [4.78, 5) is 0. The molecule has 1 saturated heterocycles. The monoisotopic (exact) mass is 368 g/mol. The smallest absolute Gasteiger partial charge is 0.258 e. The summed E-state index contributed by atoms with van der Waals surface area (Å²) >= 11 is 0. The highest BCUT2D eigenvalue weighted by Crippen LogP contribution is 2.30. The van der Waals surface area contributed by atoms with E-state index in [1.165, 1.54) is 10.4 Å². The molecule has 0 unspecified atom stereocenters. The van der Waals surface area contributed by atoms with Crippen molar-refractivity contribution in [1.29, 1.82) is 0 Å². The lowest BCUT2D eigenvalue weighted by atomic mass is 10.1. The van der Waals surface area contributed by atoms with E-state index in [4.69, 9.17) is 9.16 Å². The lowest BCUT2D eigenvalue weighted by Crippen LogP contribution is -2.63. The highest BCUT2D eigenvalue weighted by atomic mass is 28.4. The maximum Gasteiger partial charge on any atom is 0.258 e. The first-order chi connectivity index (χ1) is 12.5. The van der Waals surface area contributed by atoms with E-state index in [1.54, 1.807) is 6.08 Å². The lowest BCUT2D eigenvalue weighted by molar-refractivity contribution is 0.123. The zero-order valence-electron chi connectivity index (χ0n) is 15.8. The van der Waals surface area contributed by atoms with E-state index in [2.05, 4.69) is 62.4 Å². The van der Waals surface area contributed by atoms with Crippen molar-refractivity contribution < 1.29 is 14.3 Å². The van der Waals surface area contributed by atoms with Crippen LogP contribution in [0.25, 0.3) is 0 Å². The van der Waals surface area contributed by atoms with Gasteiger partial charge in [-0.1, -0.05) is 86.7 Å². The zero-order valence-corrected chi connectivity index (χ0v) is 16.8. The molecular weight excluding hydrogens is 340 g/mol. The SMILES string of the molecule is CC(C)[Si](OC/C=C/[C@H](O)[C@]1(C)CO1)(c1ccccc1)c1ccccc1. The van der Waals surface area contributed by atoms with Gasteiger partial charge in [0.25, 0.3) is 8.32 Å². The average molecular weight is 369 g/mol. The van der Waals surface area contributed by atoms with Gasteiger partial charge in [0.05, 0.1) is 13.2 Å². The second kappa shape index (κ2) is 7.88. The van der Waals surface area contributed by atoms with E-state index in [1.807, 2.05) is 25.1 Å². The Kier molecular flexibility index (Phi) is 5.78. The van der Waals surface area contributed by atoms with E-state index in [0.29, 0.717) is 18.8 Å². The molecule has 1 heterocycles. The van der Waals surface area contributed by atoms with Crippen molar-refractivity contribution in [3.05, 3.63) is 72.8 Å². The first-order valence-corrected chi connectivity index (χ1v) is 11.2. The number of hydrogen-bond acceptors (Lipinski definition) is 3. The Morgan fingerprint density at radius 1 is 1.08 bits per heavy atom. The van der Waals surface area contributed by atoms with Gasteiger partial charge in [0, 0.05) is 0 Å². The first-order valence-electron chi connectivity index (χ1n) is 9.23. The van der Waals surface area contributed by atoms with Crippen molar-refractivity contribution in [2.24, 2.45) is 0 Å². The van der Waals surface area contributed by atoms with Crippen LogP contribution in [0.15, 0.2) is 72.8 Å². The Morgan fingerprint density at radius 2 is 1.58 bits per heavy atom. The molecule has 1 aliphatic rings. The summed E-state index contributed by atoms with van der Waals surface area (Å²) in [5.74, 6) is 0. The van der Waals surface area contributed by atoms with Gasteiger partial charge in [0.1, 0.15) is 11.7 Å². The fourth-order valence-corrected chi connectivity index (χ4v) is 7.46. The summed E-state index contributed by atoms with van der Waals surface area (Å²) in [5, 5.41) is 12.7. The van der Waals surface area contributed by atoms with Crippen LogP contribution in [0.5, 0.6) is 0 Å². The minimum atomic E-state index is -2.39. The highest BCUT2D eigenvalue weighted by Gasteiger charge is 2.45. The van der Waals surface area contributed by atoms with Crippen molar-refractivity contribution >= 4 is 18.7 Å². The molecule has 2 aromatic rings. The second-order valence-electron chi connectivity index (χ2n) is 7.41. The molecule has 3 rings (SSSR count). The third kappa shape index (κ3) is 3.84. The number of ether oxygens (including phenoxy) is 1. The van der Waals surface area contributed by atoms with Crippen molar-refractivity contribution in [3.8, 4) is 0 Å². The van der Waals surface area contributed by atoms with Crippen molar-refractivity contribution in [2.75, 3.05) is 13.2 Å². The average Bonchev–Trinajstić information content (AvgIpc) is 3.42. The van der Waals surface area contributed by atoms with Crippen LogP contribution in [0.1, 0.15) is 20.8 Å². The van der Waals surface area contributed by atoms with Crippen molar-refractivity contribution in [1.82, 2.24) is 0 Å². The molecule has 2 aromatic carbocycles. The van der Waals surface area contributed by atoms with Gasteiger partial charge in [-0.25, -0.2) is 0 Å². The van der Waals surface area contributed by atoms with Crippen LogP contribution in [-0.4, -0.2) is 38.3 Å². The highest BCUT2D eigenvalue weighted by molar-refractivity contribution is 6.98. The predicted molar refractivity (Wildman–Crippen MR) is 108 cm³/mol. The number of rotatable bonds is 8. The Hall–Kier alpha value is -1.72. The van der Waals surface area contributed by atoms with Crippen molar-refractivity contribution in [3.63, 3.8) is 0 Å². The number of benzene rings is 2. The standard InChI is InChI=1S/C22H28O3Si/c1-18(2)26(19-11-6-4-7-12-19,20-13-8-5-9-14-20)25-16-10-15-21(23)22(3)17-24-22/h4-15,18,21,23H,16-17H2,1-3H3/b15-10+/t21-,22-/m0/s1. The van der Waals surface area contributed by atoms with Gasteiger partial charge in [-0.2, -0.15) is 0 Å². The van der Waals surface area contributed by atoms with Crippen LogP contribution in [0.2, 0.25) is 5.54 Å². The number of hydrogen-bond donors (Lipinski definition) is 1. The molecule has 1 N–H and O–H groups in total. The molecule has 0 saturated carbocycles. The van der Waals surface area contributed by atoms with Crippen molar-refractivity contribution in [2.45, 2.75) is 38.0 Å². The molecule has 0 aromatic heterocycles. The normalized spacial score (nSPS) is 21.3. The minimum Gasteiger partial charge on any atom is -0.404 e. The first kappa shape index (κ1) is 19.0. The van der Waals surface area contributed by atoms with E-state index < -0.39 is 20.0 Å². The summed E-state index contributed by atoms with van der Waals surface area (Å²) in [5.41, 5.74) is -0.0445. The Bertz CT molecular complexity index is 684. The number of aliphatic hydroxyl groups excluding tert-OH is 1. The minimum absolute atomic E-state index is 0.370. The Morgan fingerprint density at radius 3 is 2.00 bits per heavy atom. The summed E-state index contributed by atoms with van der Waals surface area (Å²) in [6.07, 6.45) is 3.13.